The van der Waals surface area contributed by atoms with E-state index in [1.165, 1.54) is 4.90 Å². The molecule has 1 rings (SSSR count). The Morgan fingerprint density at radius 3 is 2.73 bits per heavy atom. The first-order valence-electron chi connectivity index (χ1n) is 4.40. The van der Waals surface area contributed by atoms with Gasteiger partial charge in [-0.3, -0.25) is 0 Å². The number of nitrogens with zero attached hydrogens (tertiary/aromatic N) is 1. The van der Waals surface area contributed by atoms with E-state index in [2.05, 4.69) is 0 Å². The van der Waals surface area contributed by atoms with Gasteiger partial charge in [-0.25, -0.2) is 8.78 Å². The van der Waals surface area contributed by atoms with Crippen molar-refractivity contribution in [1.82, 2.24) is 0 Å². The van der Waals surface area contributed by atoms with Crippen LogP contribution in [0.25, 0.3) is 0 Å². The van der Waals surface area contributed by atoms with Crippen LogP contribution in [-0.2, 0) is 0 Å². The van der Waals surface area contributed by atoms with Crippen LogP contribution in [0.5, 0.6) is 0 Å². The zero-order chi connectivity index (χ0) is 11.4. The number of hydrogen-bond acceptors (Lipinski definition) is 2. The number of rotatable bonds is 4. The molecule has 0 bridgehead atoms. The maximum Gasteiger partial charge on any atom is 0.255 e. The van der Waals surface area contributed by atoms with Crippen molar-refractivity contribution >= 4 is 22.9 Å². The molecule has 0 radical (unpaired) electrons. The van der Waals surface area contributed by atoms with Gasteiger partial charge in [-0.1, -0.05) is 24.4 Å². The van der Waals surface area contributed by atoms with Gasteiger partial charge in [0.15, 0.2) is 0 Å². The molecule has 0 aliphatic carbocycles. The number of hydrogen-bond donors (Lipinski definition) is 1. The molecule has 82 valence electrons. The Morgan fingerprint density at radius 1 is 1.53 bits per heavy atom. The third-order valence-electron chi connectivity index (χ3n) is 1.98. The summed E-state index contributed by atoms with van der Waals surface area (Å²) in [6.45, 7) is -0.305. The van der Waals surface area contributed by atoms with Gasteiger partial charge >= 0.3 is 0 Å². The first-order valence-corrected chi connectivity index (χ1v) is 4.80. The molecule has 15 heavy (non-hydrogen) atoms. The van der Waals surface area contributed by atoms with E-state index in [1.54, 1.807) is 31.3 Å². The Labute approximate surface area is 92.7 Å². The molecule has 0 fully saturated rings. The third-order valence-corrected chi connectivity index (χ3v) is 2.22. The Hall–Kier alpha value is -1.23. The summed E-state index contributed by atoms with van der Waals surface area (Å²) in [5.41, 5.74) is 6.81. The van der Waals surface area contributed by atoms with Gasteiger partial charge < -0.3 is 10.6 Å². The molecular formula is C10H12F2N2S. The molecule has 2 nitrogen and oxygen atoms in total. The van der Waals surface area contributed by atoms with E-state index in [0.717, 1.165) is 0 Å². The average molecular weight is 230 g/mol. The molecule has 0 saturated carbocycles. The fraction of sp³-hybridized carbons (Fsp3) is 0.300. The van der Waals surface area contributed by atoms with E-state index in [-0.39, 0.29) is 11.5 Å². The minimum absolute atomic E-state index is 0.266. The smallest absolute Gasteiger partial charge is 0.255 e. The lowest BCUT2D eigenvalue weighted by molar-refractivity contribution is 0.156. The molecule has 0 aliphatic rings. The summed E-state index contributed by atoms with van der Waals surface area (Å²) in [6.07, 6.45) is -2.36. The predicted molar refractivity (Wildman–Crippen MR) is 61.6 cm³/mol. The largest absolute Gasteiger partial charge is 0.389 e. The van der Waals surface area contributed by atoms with Crippen molar-refractivity contribution in [3.8, 4) is 0 Å². The first kappa shape index (κ1) is 11.8. The van der Waals surface area contributed by atoms with E-state index in [1.807, 2.05) is 0 Å². The predicted octanol–water partition coefficient (Wildman–Crippen LogP) is 2.02. The van der Waals surface area contributed by atoms with Gasteiger partial charge in [0.1, 0.15) is 4.99 Å². The molecule has 2 N–H and O–H groups in total. The second kappa shape index (κ2) is 5.02. The molecular weight excluding hydrogens is 218 g/mol. The summed E-state index contributed by atoms with van der Waals surface area (Å²) in [6, 6.07) is 6.93. The van der Waals surface area contributed by atoms with Gasteiger partial charge in [0.25, 0.3) is 6.43 Å². The van der Waals surface area contributed by atoms with Crippen LogP contribution in [0.1, 0.15) is 5.56 Å². The van der Waals surface area contributed by atoms with Crippen LogP contribution in [0, 0.1) is 0 Å². The number of alkyl halides is 2. The maximum absolute atomic E-state index is 12.1. The number of benzene rings is 1. The van der Waals surface area contributed by atoms with E-state index in [9.17, 15) is 8.78 Å². The van der Waals surface area contributed by atoms with Crippen LogP contribution in [0.2, 0.25) is 0 Å². The van der Waals surface area contributed by atoms with Crippen molar-refractivity contribution in [3.05, 3.63) is 29.8 Å². The lowest BCUT2D eigenvalue weighted by atomic mass is 10.2. The molecule has 0 aromatic heterocycles. The van der Waals surface area contributed by atoms with Crippen LogP contribution in [0.3, 0.4) is 0 Å². The molecule has 0 spiro atoms. The highest BCUT2D eigenvalue weighted by molar-refractivity contribution is 7.80. The quantitative estimate of drug-likeness (QED) is 0.802. The van der Waals surface area contributed by atoms with Crippen molar-refractivity contribution in [3.63, 3.8) is 0 Å². The lowest BCUT2D eigenvalue weighted by Gasteiger charge is -2.19. The first-order chi connectivity index (χ1) is 7.00. The second-order valence-electron chi connectivity index (χ2n) is 3.19. The second-order valence-corrected chi connectivity index (χ2v) is 3.63. The van der Waals surface area contributed by atoms with E-state index in [0.29, 0.717) is 11.3 Å². The molecule has 1 aromatic rings. The van der Waals surface area contributed by atoms with Crippen LogP contribution in [0.4, 0.5) is 14.5 Å². The fourth-order valence-electron chi connectivity index (χ4n) is 1.21. The van der Waals surface area contributed by atoms with E-state index in [4.69, 9.17) is 18.0 Å². The topological polar surface area (TPSA) is 29.3 Å². The molecule has 0 unspecified atom stereocenters. The van der Waals surface area contributed by atoms with E-state index >= 15 is 0 Å². The summed E-state index contributed by atoms with van der Waals surface area (Å²) in [7, 11) is 1.60. The van der Waals surface area contributed by atoms with Crippen LogP contribution >= 0.6 is 12.2 Å². The highest BCUT2D eigenvalue weighted by Gasteiger charge is 2.09. The maximum atomic E-state index is 12.1. The van der Waals surface area contributed by atoms with Crippen molar-refractivity contribution in [1.29, 1.82) is 0 Å². The Kier molecular flexibility index (Phi) is 3.96. The molecule has 0 atom stereocenters. The molecule has 0 aliphatic heterocycles. The van der Waals surface area contributed by atoms with Crippen LogP contribution in [0.15, 0.2) is 24.3 Å². The van der Waals surface area contributed by atoms with Gasteiger partial charge in [-0.05, 0) is 12.1 Å². The summed E-state index contributed by atoms with van der Waals surface area (Å²) in [5.74, 6) is 0. The SMILES string of the molecule is CN(CC(F)F)c1cccc(C(N)=S)c1. The Morgan fingerprint density at radius 2 is 2.20 bits per heavy atom. The highest BCUT2D eigenvalue weighted by atomic mass is 32.1. The molecule has 0 heterocycles. The number of thiocarbonyl (C=S) groups is 1. The standard InChI is InChI=1S/C10H12F2N2S/c1-14(6-9(11)12)8-4-2-3-7(5-8)10(13)15/h2-5,9H,6H2,1H3,(H2,13,15). The van der Waals surface area contributed by atoms with Crippen LogP contribution in [-0.4, -0.2) is 25.0 Å². The van der Waals surface area contributed by atoms with Crippen molar-refractivity contribution < 1.29 is 8.78 Å². The van der Waals surface area contributed by atoms with Crippen molar-refractivity contribution in [2.75, 3.05) is 18.5 Å². The van der Waals surface area contributed by atoms with Crippen LogP contribution < -0.4 is 10.6 Å². The number of halogens is 2. The van der Waals surface area contributed by atoms with Gasteiger partial charge in [0, 0.05) is 18.3 Å². The zero-order valence-corrected chi connectivity index (χ0v) is 9.10. The van der Waals surface area contributed by atoms with Gasteiger partial charge in [0.2, 0.25) is 0 Å². The summed E-state index contributed by atoms with van der Waals surface area (Å²) >= 11 is 4.81. The molecule has 0 saturated heterocycles. The minimum Gasteiger partial charge on any atom is -0.389 e. The summed E-state index contributed by atoms with van der Waals surface area (Å²) in [4.78, 5) is 1.73. The summed E-state index contributed by atoms with van der Waals surface area (Å²) in [5, 5.41) is 0. The van der Waals surface area contributed by atoms with Gasteiger partial charge in [-0.2, -0.15) is 0 Å². The molecule has 5 heteroatoms. The molecule has 0 amide bonds. The lowest BCUT2D eigenvalue weighted by Crippen LogP contribution is -2.24. The third kappa shape index (κ3) is 3.43. The van der Waals surface area contributed by atoms with E-state index < -0.39 is 6.43 Å². The number of anilines is 1. The molecule has 1 aromatic carbocycles. The monoisotopic (exact) mass is 230 g/mol. The Balaban J connectivity index is 2.85. The average Bonchev–Trinajstić information content (AvgIpc) is 2.17. The Bertz CT molecular complexity index is 355. The van der Waals surface area contributed by atoms with Crippen molar-refractivity contribution in [2.45, 2.75) is 6.43 Å². The van der Waals surface area contributed by atoms with Gasteiger partial charge in [-0.15, -0.1) is 0 Å². The summed E-state index contributed by atoms with van der Waals surface area (Å²) < 4.78 is 24.3. The fourth-order valence-corrected chi connectivity index (χ4v) is 1.34. The number of nitrogens with two attached hydrogens (primary N) is 1. The highest BCUT2D eigenvalue weighted by Crippen LogP contribution is 2.15. The van der Waals surface area contributed by atoms with Gasteiger partial charge in [0.05, 0.1) is 6.54 Å². The minimum atomic E-state index is -2.36. The van der Waals surface area contributed by atoms with Crippen molar-refractivity contribution in [2.24, 2.45) is 5.73 Å². The normalized spacial score (nSPS) is 10.4. The zero-order valence-electron chi connectivity index (χ0n) is 8.28.